The normalized spacial score (nSPS) is 15.4. The molecule has 1 saturated heterocycles. The Bertz CT molecular complexity index is 548. The van der Waals surface area contributed by atoms with E-state index in [1.165, 1.54) is 0 Å². The Balaban J connectivity index is 1.48. The first-order valence-corrected chi connectivity index (χ1v) is 6.56. The Morgan fingerprint density at radius 3 is 3.21 bits per heavy atom. The smallest absolute Gasteiger partial charge is 0.297 e. The molecule has 1 aliphatic heterocycles. The van der Waals surface area contributed by atoms with Gasteiger partial charge in [-0.3, -0.25) is 4.79 Å². The number of pyridine rings is 1. The third-order valence-electron chi connectivity index (χ3n) is 3.22. The molecule has 0 radical (unpaired) electrons. The van der Waals surface area contributed by atoms with Gasteiger partial charge in [-0.1, -0.05) is 0 Å². The average molecular weight is 260 g/mol. The molecule has 2 aromatic rings. The number of hydrogen-bond acceptors (Lipinski definition) is 5. The Hall–Kier alpha value is -2.11. The fraction of sp³-hybridized carbons (Fsp3) is 0.462. The third kappa shape index (κ3) is 2.67. The average Bonchev–Trinajstić information content (AvgIpc) is 3.00. The molecule has 0 aromatic carbocycles. The van der Waals surface area contributed by atoms with Crippen LogP contribution in [0.3, 0.4) is 0 Å². The summed E-state index contributed by atoms with van der Waals surface area (Å²) in [5, 5.41) is 3.12. The van der Waals surface area contributed by atoms with E-state index in [0.717, 1.165) is 32.5 Å². The molecule has 1 aliphatic rings. The molecule has 0 saturated carbocycles. The van der Waals surface area contributed by atoms with Crippen LogP contribution in [0, 0.1) is 0 Å². The standard InChI is InChI=1S/C13H16N4O2/c18-11-5-2-8-17(11)9-3-7-15-13-16-12-10(19-13)4-1-6-14-12/h1,4,6H,2-3,5,7-9H2,(H,14,15,16). The number of oxazole rings is 1. The quantitative estimate of drug-likeness (QED) is 0.828. The third-order valence-corrected chi connectivity index (χ3v) is 3.22. The van der Waals surface area contributed by atoms with E-state index in [0.29, 0.717) is 23.7 Å². The van der Waals surface area contributed by atoms with Crippen LogP contribution in [0.1, 0.15) is 19.3 Å². The van der Waals surface area contributed by atoms with Gasteiger partial charge in [0, 0.05) is 32.3 Å². The number of carbonyl (C=O) groups is 1. The van der Waals surface area contributed by atoms with Gasteiger partial charge in [-0.25, -0.2) is 4.98 Å². The van der Waals surface area contributed by atoms with Gasteiger partial charge in [-0.2, -0.15) is 4.98 Å². The van der Waals surface area contributed by atoms with Gasteiger partial charge in [0.15, 0.2) is 5.58 Å². The van der Waals surface area contributed by atoms with E-state index in [9.17, 15) is 4.79 Å². The summed E-state index contributed by atoms with van der Waals surface area (Å²) < 4.78 is 5.50. The van der Waals surface area contributed by atoms with Gasteiger partial charge in [-0.05, 0) is 25.0 Å². The van der Waals surface area contributed by atoms with Crippen LogP contribution in [0.2, 0.25) is 0 Å². The Kier molecular flexibility index (Phi) is 3.31. The number of rotatable bonds is 5. The fourth-order valence-electron chi connectivity index (χ4n) is 2.25. The molecular weight excluding hydrogens is 244 g/mol. The van der Waals surface area contributed by atoms with Crippen molar-refractivity contribution in [2.45, 2.75) is 19.3 Å². The monoisotopic (exact) mass is 260 g/mol. The van der Waals surface area contributed by atoms with Crippen molar-refractivity contribution in [3.8, 4) is 0 Å². The lowest BCUT2D eigenvalue weighted by atomic mass is 10.4. The summed E-state index contributed by atoms with van der Waals surface area (Å²) >= 11 is 0. The van der Waals surface area contributed by atoms with E-state index in [1.54, 1.807) is 6.20 Å². The van der Waals surface area contributed by atoms with Gasteiger partial charge in [-0.15, -0.1) is 0 Å². The van der Waals surface area contributed by atoms with Crippen molar-refractivity contribution in [2.75, 3.05) is 25.0 Å². The van der Waals surface area contributed by atoms with Crippen LogP contribution in [-0.2, 0) is 4.79 Å². The van der Waals surface area contributed by atoms with Crippen LogP contribution >= 0.6 is 0 Å². The summed E-state index contributed by atoms with van der Waals surface area (Å²) in [6, 6.07) is 4.14. The van der Waals surface area contributed by atoms with E-state index in [4.69, 9.17) is 4.42 Å². The summed E-state index contributed by atoms with van der Waals surface area (Å²) in [4.78, 5) is 21.7. The number of anilines is 1. The first kappa shape index (κ1) is 12.0. The van der Waals surface area contributed by atoms with Crippen LogP contribution in [0.25, 0.3) is 11.2 Å². The van der Waals surface area contributed by atoms with Gasteiger partial charge >= 0.3 is 0 Å². The molecule has 19 heavy (non-hydrogen) atoms. The van der Waals surface area contributed by atoms with E-state index in [1.807, 2.05) is 17.0 Å². The maximum absolute atomic E-state index is 11.4. The van der Waals surface area contributed by atoms with Crippen molar-refractivity contribution in [2.24, 2.45) is 0 Å². The molecule has 1 amide bonds. The summed E-state index contributed by atoms with van der Waals surface area (Å²) in [5.74, 6) is 0.270. The molecule has 6 nitrogen and oxygen atoms in total. The van der Waals surface area contributed by atoms with Crippen molar-refractivity contribution >= 4 is 23.2 Å². The molecular formula is C13H16N4O2. The van der Waals surface area contributed by atoms with E-state index >= 15 is 0 Å². The number of hydrogen-bond donors (Lipinski definition) is 1. The molecule has 0 atom stereocenters. The zero-order valence-corrected chi connectivity index (χ0v) is 10.6. The fourth-order valence-corrected chi connectivity index (χ4v) is 2.25. The topological polar surface area (TPSA) is 71.3 Å². The molecule has 100 valence electrons. The molecule has 3 rings (SSSR count). The second-order valence-electron chi connectivity index (χ2n) is 4.61. The van der Waals surface area contributed by atoms with Crippen LogP contribution in [-0.4, -0.2) is 40.4 Å². The minimum absolute atomic E-state index is 0.270. The lowest BCUT2D eigenvalue weighted by molar-refractivity contribution is -0.127. The first-order chi connectivity index (χ1) is 9.33. The van der Waals surface area contributed by atoms with E-state index < -0.39 is 0 Å². The lowest BCUT2D eigenvalue weighted by Gasteiger charge is -2.14. The van der Waals surface area contributed by atoms with Crippen molar-refractivity contribution in [1.29, 1.82) is 0 Å². The highest BCUT2D eigenvalue weighted by molar-refractivity contribution is 5.78. The largest absolute Gasteiger partial charge is 0.422 e. The number of nitrogens with zero attached hydrogens (tertiary/aromatic N) is 3. The highest BCUT2D eigenvalue weighted by Crippen LogP contribution is 2.16. The summed E-state index contributed by atoms with van der Waals surface area (Å²) in [6.45, 7) is 2.42. The number of aromatic nitrogens is 2. The second-order valence-corrected chi connectivity index (χ2v) is 4.61. The van der Waals surface area contributed by atoms with Gasteiger partial charge in [0.2, 0.25) is 11.6 Å². The number of nitrogens with one attached hydrogen (secondary N) is 1. The van der Waals surface area contributed by atoms with E-state index in [2.05, 4.69) is 15.3 Å². The zero-order chi connectivity index (χ0) is 13.1. The number of amides is 1. The highest BCUT2D eigenvalue weighted by atomic mass is 16.4. The predicted molar refractivity (Wildman–Crippen MR) is 70.7 cm³/mol. The summed E-state index contributed by atoms with van der Waals surface area (Å²) in [7, 11) is 0. The van der Waals surface area contributed by atoms with Crippen molar-refractivity contribution in [3.63, 3.8) is 0 Å². The second kappa shape index (κ2) is 5.26. The van der Waals surface area contributed by atoms with Crippen LogP contribution in [0.5, 0.6) is 0 Å². The maximum Gasteiger partial charge on any atom is 0.297 e. The van der Waals surface area contributed by atoms with Crippen LogP contribution in [0.15, 0.2) is 22.7 Å². The van der Waals surface area contributed by atoms with Crippen molar-refractivity contribution < 1.29 is 9.21 Å². The molecule has 0 bridgehead atoms. The molecule has 0 aliphatic carbocycles. The summed E-state index contributed by atoms with van der Waals surface area (Å²) in [6.07, 6.45) is 4.26. The summed E-state index contributed by atoms with van der Waals surface area (Å²) in [5.41, 5.74) is 1.29. The maximum atomic E-state index is 11.4. The Morgan fingerprint density at radius 2 is 2.42 bits per heavy atom. The molecule has 1 N–H and O–H groups in total. The number of likely N-dealkylation sites (tertiary alicyclic amines) is 1. The highest BCUT2D eigenvalue weighted by Gasteiger charge is 2.18. The van der Waals surface area contributed by atoms with Crippen molar-refractivity contribution in [3.05, 3.63) is 18.3 Å². The van der Waals surface area contributed by atoms with Gasteiger partial charge in [0.25, 0.3) is 6.01 Å². The Morgan fingerprint density at radius 1 is 1.47 bits per heavy atom. The van der Waals surface area contributed by atoms with Crippen LogP contribution in [0.4, 0.5) is 6.01 Å². The van der Waals surface area contributed by atoms with Crippen molar-refractivity contribution in [1.82, 2.24) is 14.9 Å². The minimum atomic E-state index is 0.270. The predicted octanol–water partition coefficient (Wildman–Crippen LogP) is 1.65. The molecule has 0 spiro atoms. The van der Waals surface area contributed by atoms with Gasteiger partial charge in [0.05, 0.1) is 0 Å². The molecule has 3 heterocycles. The molecule has 0 unspecified atom stereocenters. The first-order valence-electron chi connectivity index (χ1n) is 6.56. The van der Waals surface area contributed by atoms with E-state index in [-0.39, 0.29) is 5.91 Å². The number of carbonyl (C=O) groups excluding carboxylic acids is 1. The van der Waals surface area contributed by atoms with Gasteiger partial charge in [0.1, 0.15) is 0 Å². The molecule has 2 aromatic heterocycles. The lowest BCUT2D eigenvalue weighted by Crippen LogP contribution is -2.26. The number of fused-ring (bicyclic) bond motifs is 1. The van der Waals surface area contributed by atoms with Gasteiger partial charge < -0.3 is 14.6 Å². The molecule has 6 heteroatoms. The zero-order valence-electron chi connectivity index (χ0n) is 10.6. The SMILES string of the molecule is O=C1CCCN1CCCNc1nc2ncccc2o1. The minimum Gasteiger partial charge on any atom is -0.422 e. The Labute approximate surface area is 110 Å². The molecule has 1 fully saturated rings. The van der Waals surface area contributed by atoms with Crippen LogP contribution < -0.4 is 5.32 Å².